The minimum absolute atomic E-state index is 0.594. The van der Waals surface area contributed by atoms with Gasteiger partial charge in [-0.05, 0) is 93.0 Å². The van der Waals surface area contributed by atoms with Gasteiger partial charge in [-0.15, -0.1) is 0 Å². The van der Waals surface area contributed by atoms with Crippen molar-refractivity contribution in [3.05, 3.63) is 265 Å². The molecule has 12 aromatic rings. The lowest BCUT2D eigenvalue weighted by atomic mass is 9.67. The molecule has 2 aromatic heterocycles. The van der Waals surface area contributed by atoms with E-state index in [4.69, 9.17) is 0 Å². The molecule has 0 unspecified atom stereocenters. The first-order valence-corrected chi connectivity index (χ1v) is 21.9. The summed E-state index contributed by atoms with van der Waals surface area (Å²) in [6.07, 6.45) is 0. The van der Waals surface area contributed by atoms with Crippen LogP contribution < -0.4 is 0 Å². The predicted octanol–water partition coefficient (Wildman–Crippen LogP) is 15.6. The Balaban J connectivity index is 1.06. The summed E-state index contributed by atoms with van der Waals surface area (Å²) in [6.45, 7) is 0. The van der Waals surface area contributed by atoms with Crippen LogP contribution in [0.25, 0.3) is 88.4 Å². The average molecular weight is 801 g/mol. The van der Waals surface area contributed by atoms with Gasteiger partial charge in [0.25, 0.3) is 0 Å². The van der Waals surface area contributed by atoms with Crippen LogP contribution in [-0.4, -0.2) is 9.13 Å². The molecular formula is C61H40N2. The van der Waals surface area contributed by atoms with Crippen LogP contribution in [-0.2, 0) is 5.41 Å². The fraction of sp³-hybridized carbons (Fsp3) is 0.0164. The van der Waals surface area contributed by atoms with Crippen LogP contribution in [0.3, 0.4) is 0 Å². The molecule has 1 aliphatic carbocycles. The molecule has 2 nitrogen and oxygen atoms in total. The highest BCUT2D eigenvalue weighted by atomic mass is 15.0. The second kappa shape index (κ2) is 13.9. The minimum atomic E-state index is -0.594. The highest BCUT2D eigenvalue weighted by Gasteiger charge is 2.46. The molecule has 10 aromatic carbocycles. The van der Waals surface area contributed by atoms with E-state index < -0.39 is 5.41 Å². The Hall–Kier alpha value is -8.20. The molecule has 0 saturated heterocycles. The maximum absolute atomic E-state index is 2.49. The third kappa shape index (κ3) is 5.13. The number of nitrogens with zero attached hydrogens (tertiary/aromatic N) is 2. The van der Waals surface area contributed by atoms with E-state index in [9.17, 15) is 0 Å². The molecule has 0 amide bonds. The summed E-state index contributed by atoms with van der Waals surface area (Å²) in [5, 5.41) is 5.04. The minimum Gasteiger partial charge on any atom is -0.309 e. The number of benzene rings is 10. The topological polar surface area (TPSA) is 9.86 Å². The highest BCUT2D eigenvalue weighted by molar-refractivity contribution is 6.11. The van der Waals surface area contributed by atoms with Gasteiger partial charge in [-0.25, -0.2) is 0 Å². The third-order valence-corrected chi connectivity index (χ3v) is 13.6. The number of aromatic nitrogens is 2. The average Bonchev–Trinajstić information content (AvgIpc) is 3.98. The molecule has 0 aliphatic heterocycles. The normalized spacial score (nSPS) is 12.9. The van der Waals surface area contributed by atoms with Gasteiger partial charge < -0.3 is 9.13 Å². The predicted molar refractivity (Wildman–Crippen MR) is 263 cm³/mol. The van der Waals surface area contributed by atoms with Crippen LogP contribution in [0.2, 0.25) is 0 Å². The molecule has 294 valence electrons. The Bertz CT molecular complexity index is 3380. The summed E-state index contributed by atoms with van der Waals surface area (Å²) < 4.78 is 4.90. The summed E-state index contributed by atoms with van der Waals surface area (Å²) in [5.41, 5.74) is 18.9. The van der Waals surface area contributed by atoms with E-state index in [0.29, 0.717) is 0 Å². The van der Waals surface area contributed by atoms with E-state index in [-0.39, 0.29) is 0 Å². The number of hydrogen-bond acceptors (Lipinski definition) is 0. The molecule has 63 heavy (non-hydrogen) atoms. The summed E-state index contributed by atoms with van der Waals surface area (Å²) in [6, 6.07) is 89.7. The second-order valence-electron chi connectivity index (χ2n) is 16.8. The molecule has 2 heteroatoms. The first-order valence-electron chi connectivity index (χ1n) is 21.9. The summed E-state index contributed by atoms with van der Waals surface area (Å²) in [4.78, 5) is 0. The van der Waals surface area contributed by atoms with Gasteiger partial charge in [0.1, 0.15) is 0 Å². The van der Waals surface area contributed by atoms with E-state index in [0.717, 1.165) is 0 Å². The third-order valence-electron chi connectivity index (χ3n) is 13.6. The van der Waals surface area contributed by atoms with Crippen LogP contribution >= 0.6 is 0 Å². The Morgan fingerprint density at radius 1 is 0.254 bits per heavy atom. The molecule has 0 bridgehead atoms. The Morgan fingerprint density at radius 3 is 0.952 bits per heavy atom. The molecule has 0 fully saturated rings. The van der Waals surface area contributed by atoms with Crippen LogP contribution in [0.4, 0.5) is 0 Å². The van der Waals surface area contributed by atoms with Crippen molar-refractivity contribution in [2.75, 3.05) is 0 Å². The SMILES string of the molecule is c1ccc(C2(c3ccccc3)c3cc(-c4ccccc4-n4c5ccccc5c5ccccc54)ccc3-c3ccc(-c4ccccc4-n4c5ccccc5c5ccccc54)cc32)cc1. The molecule has 1 aliphatic rings. The molecule has 0 radical (unpaired) electrons. The molecular weight excluding hydrogens is 761 g/mol. The van der Waals surface area contributed by atoms with Gasteiger partial charge in [0.15, 0.2) is 0 Å². The fourth-order valence-corrected chi connectivity index (χ4v) is 11.0. The largest absolute Gasteiger partial charge is 0.309 e. The Labute approximate surface area is 366 Å². The smallest absolute Gasteiger partial charge is 0.0713 e. The van der Waals surface area contributed by atoms with Crippen molar-refractivity contribution in [3.63, 3.8) is 0 Å². The molecule has 0 spiro atoms. The quantitative estimate of drug-likeness (QED) is 0.159. The lowest BCUT2D eigenvalue weighted by Crippen LogP contribution is -2.28. The van der Waals surface area contributed by atoms with Gasteiger partial charge in [0.2, 0.25) is 0 Å². The summed E-state index contributed by atoms with van der Waals surface area (Å²) in [7, 11) is 0. The monoisotopic (exact) mass is 800 g/mol. The molecule has 0 N–H and O–H groups in total. The maximum Gasteiger partial charge on any atom is 0.0713 e. The van der Waals surface area contributed by atoms with Gasteiger partial charge in [-0.1, -0.05) is 194 Å². The van der Waals surface area contributed by atoms with Crippen molar-refractivity contribution < 1.29 is 0 Å². The van der Waals surface area contributed by atoms with Crippen LogP contribution in [0.5, 0.6) is 0 Å². The van der Waals surface area contributed by atoms with Gasteiger partial charge in [0.05, 0.1) is 38.9 Å². The van der Waals surface area contributed by atoms with Crippen molar-refractivity contribution in [2.24, 2.45) is 0 Å². The van der Waals surface area contributed by atoms with E-state index in [1.807, 2.05) is 0 Å². The van der Waals surface area contributed by atoms with Crippen LogP contribution in [0.15, 0.2) is 243 Å². The lowest BCUT2D eigenvalue weighted by molar-refractivity contribution is 0.769. The molecule has 2 heterocycles. The van der Waals surface area contributed by atoms with Crippen molar-refractivity contribution in [2.45, 2.75) is 5.41 Å². The number of para-hydroxylation sites is 6. The van der Waals surface area contributed by atoms with Crippen molar-refractivity contribution in [1.82, 2.24) is 9.13 Å². The van der Waals surface area contributed by atoms with Crippen molar-refractivity contribution in [3.8, 4) is 44.8 Å². The molecule has 0 atom stereocenters. The molecule has 13 rings (SSSR count). The highest BCUT2D eigenvalue weighted by Crippen LogP contribution is 2.58. The van der Waals surface area contributed by atoms with Crippen LogP contribution in [0.1, 0.15) is 22.3 Å². The number of fused-ring (bicyclic) bond motifs is 9. The zero-order valence-electron chi connectivity index (χ0n) is 34.5. The Kier molecular flexibility index (Phi) is 7.85. The summed E-state index contributed by atoms with van der Waals surface area (Å²) in [5.74, 6) is 0. The lowest BCUT2D eigenvalue weighted by Gasteiger charge is -2.34. The maximum atomic E-state index is 2.49. The van der Waals surface area contributed by atoms with Gasteiger partial charge in [-0.3, -0.25) is 0 Å². The van der Waals surface area contributed by atoms with Crippen molar-refractivity contribution in [1.29, 1.82) is 0 Å². The van der Waals surface area contributed by atoms with E-state index >= 15 is 0 Å². The zero-order valence-corrected chi connectivity index (χ0v) is 34.5. The fourth-order valence-electron chi connectivity index (χ4n) is 11.0. The number of rotatable bonds is 6. The number of hydrogen-bond donors (Lipinski definition) is 0. The van der Waals surface area contributed by atoms with Crippen LogP contribution in [0, 0.1) is 0 Å². The zero-order chi connectivity index (χ0) is 41.5. The van der Waals surface area contributed by atoms with E-state index in [2.05, 4.69) is 252 Å². The van der Waals surface area contributed by atoms with Crippen molar-refractivity contribution >= 4 is 43.6 Å². The Morgan fingerprint density at radius 2 is 0.571 bits per heavy atom. The standard InChI is InChI=1S/C61H40N2/c1-3-19-43(20-4-1)61(44-21-5-2-6-22-44)53-39-41(45-23-7-13-29-55(45)62-57-31-15-9-25-49(57)50-26-10-16-32-58(50)62)35-37-47(53)48-38-36-42(40-54(48)61)46-24-8-14-30-56(46)63-59-33-17-11-27-51(59)52-28-12-18-34-60(52)63/h1-40H. The van der Waals surface area contributed by atoms with E-state index in [1.54, 1.807) is 0 Å². The second-order valence-corrected chi connectivity index (χ2v) is 16.8. The molecule has 0 saturated carbocycles. The van der Waals surface area contributed by atoms with E-state index in [1.165, 1.54) is 111 Å². The van der Waals surface area contributed by atoms with Gasteiger partial charge in [0, 0.05) is 32.7 Å². The summed E-state index contributed by atoms with van der Waals surface area (Å²) >= 11 is 0. The first kappa shape index (κ1) is 35.5. The van der Waals surface area contributed by atoms with Gasteiger partial charge >= 0.3 is 0 Å². The first-order chi connectivity index (χ1) is 31.3. The van der Waals surface area contributed by atoms with Gasteiger partial charge in [-0.2, -0.15) is 0 Å².